The van der Waals surface area contributed by atoms with Gasteiger partial charge in [0.05, 0.1) is 24.2 Å². The smallest absolute Gasteiger partial charge is 0.197 e. The average molecular weight is 338 g/mol. The molecular formula is C17H18N6O2. The molecule has 0 bridgehead atoms. The minimum Gasteiger partial charge on any atom is -0.393 e. The van der Waals surface area contributed by atoms with Gasteiger partial charge in [-0.15, -0.1) is 0 Å². The molecule has 3 N–H and O–H groups in total. The molecule has 1 fully saturated rings. The molecule has 0 aromatic carbocycles. The monoisotopic (exact) mass is 338 g/mol. The lowest BCUT2D eigenvalue weighted by Gasteiger charge is -2.21. The number of fused-ring (bicyclic) bond motifs is 1. The molecule has 8 nitrogen and oxygen atoms in total. The summed E-state index contributed by atoms with van der Waals surface area (Å²) in [5, 5.41) is 22.4. The van der Waals surface area contributed by atoms with E-state index in [4.69, 9.17) is 5.41 Å². The van der Waals surface area contributed by atoms with Crippen LogP contribution in [0.4, 0.5) is 0 Å². The zero-order chi connectivity index (χ0) is 17.4. The van der Waals surface area contributed by atoms with Crippen molar-refractivity contribution < 1.29 is 9.90 Å². The van der Waals surface area contributed by atoms with E-state index < -0.39 is 6.04 Å². The number of carbonyl (C=O) groups is 1. The molecule has 8 heteroatoms. The van der Waals surface area contributed by atoms with Crippen LogP contribution in [0.15, 0.2) is 31.0 Å². The lowest BCUT2D eigenvalue weighted by Crippen LogP contribution is -2.27. The molecule has 1 aliphatic rings. The summed E-state index contributed by atoms with van der Waals surface area (Å²) >= 11 is 0. The van der Waals surface area contributed by atoms with E-state index in [0.29, 0.717) is 12.8 Å². The van der Waals surface area contributed by atoms with Crippen LogP contribution in [-0.2, 0) is 4.79 Å². The number of rotatable bonds is 5. The van der Waals surface area contributed by atoms with Gasteiger partial charge in [-0.3, -0.25) is 9.48 Å². The van der Waals surface area contributed by atoms with Crippen molar-refractivity contribution in [2.24, 2.45) is 5.92 Å². The predicted molar refractivity (Wildman–Crippen MR) is 91.3 cm³/mol. The highest BCUT2D eigenvalue weighted by Gasteiger charge is 2.35. The Morgan fingerprint density at radius 3 is 3.08 bits per heavy atom. The number of hydrogen-bond donors (Lipinski definition) is 3. The van der Waals surface area contributed by atoms with Crippen LogP contribution in [0.25, 0.3) is 22.3 Å². The number of carbonyl (C=O) groups excluding carboxylic acids is 1. The number of nitrogens with zero attached hydrogens (tertiary/aromatic N) is 4. The molecule has 1 aliphatic carbocycles. The first-order valence-electron chi connectivity index (χ1n) is 8.22. The average Bonchev–Trinajstić information content (AvgIpc) is 3.35. The van der Waals surface area contributed by atoms with Gasteiger partial charge in [0.25, 0.3) is 0 Å². The van der Waals surface area contributed by atoms with E-state index >= 15 is 0 Å². The van der Waals surface area contributed by atoms with E-state index in [1.165, 1.54) is 6.33 Å². The highest BCUT2D eigenvalue weighted by molar-refractivity contribution is 6.28. The summed E-state index contributed by atoms with van der Waals surface area (Å²) < 4.78 is 1.60. The second kappa shape index (κ2) is 6.21. The Morgan fingerprint density at radius 1 is 1.44 bits per heavy atom. The predicted octanol–water partition coefficient (Wildman–Crippen LogP) is 1.74. The van der Waals surface area contributed by atoms with Gasteiger partial charge in [0.2, 0.25) is 0 Å². The standard InChI is InChI=1S/C17H18N6O2/c18-6-14(25)16(10-1-2-12(24)5-10)23-8-11(7-22-23)15-13-3-4-19-17(13)21-9-20-15/h3-4,6-10,12,16,18,24H,1-2,5H2,(H,19,20,21). The largest absolute Gasteiger partial charge is 0.393 e. The van der Waals surface area contributed by atoms with Crippen LogP contribution < -0.4 is 0 Å². The minimum atomic E-state index is -0.563. The van der Waals surface area contributed by atoms with Gasteiger partial charge in [0.15, 0.2) is 5.78 Å². The number of aromatic nitrogens is 5. The van der Waals surface area contributed by atoms with Crippen LogP contribution in [0.2, 0.25) is 0 Å². The van der Waals surface area contributed by atoms with Crippen molar-refractivity contribution in [1.29, 1.82) is 5.41 Å². The maximum atomic E-state index is 12.3. The van der Waals surface area contributed by atoms with Crippen LogP contribution >= 0.6 is 0 Å². The number of aliphatic hydroxyl groups is 1. The van der Waals surface area contributed by atoms with Crippen LogP contribution in [0.1, 0.15) is 25.3 Å². The SMILES string of the molecule is N=CC(=O)C(C1CCC(O)C1)n1cc(-c2ncnc3[nH]ccc23)cn1. The lowest BCUT2D eigenvalue weighted by molar-refractivity contribution is -0.117. The van der Waals surface area contributed by atoms with Crippen molar-refractivity contribution in [3.05, 3.63) is 31.0 Å². The molecule has 3 heterocycles. The summed E-state index contributed by atoms with van der Waals surface area (Å²) in [5.41, 5.74) is 2.27. The Labute approximate surface area is 143 Å². The molecule has 3 aromatic rings. The second-order valence-electron chi connectivity index (χ2n) is 6.39. The third kappa shape index (κ3) is 2.74. The third-order valence-electron chi connectivity index (χ3n) is 4.84. The van der Waals surface area contributed by atoms with E-state index in [1.54, 1.807) is 23.3 Å². The first-order chi connectivity index (χ1) is 12.2. The molecule has 3 unspecified atom stereocenters. The quantitative estimate of drug-likeness (QED) is 0.612. The number of ketones is 1. The molecule has 128 valence electrons. The van der Waals surface area contributed by atoms with Gasteiger partial charge in [-0.1, -0.05) is 0 Å². The minimum absolute atomic E-state index is 0.0190. The molecule has 0 spiro atoms. The number of H-pyrrole nitrogens is 1. The summed E-state index contributed by atoms with van der Waals surface area (Å²) in [6.45, 7) is 0. The van der Waals surface area contributed by atoms with Gasteiger partial charge < -0.3 is 15.5 Å². The van der Waals surface area contributed by atoms with Crippen molar-refractivity contribution in [3.63, 3.8) is 0 Å². The Hall–Kier alpha value is -2.87. The van der Waals surface area contributed by atoms with Crippen molar-refractivity contribution in [2.75, 3.05) is 0 Å². The molecule has 3 aromatic heterocycles. The Bertz CT molecular complexity index is 930. The number of aromatic amines is 1. The van der Waals surface area contributed by atoms with Gasteiger partial charge in [-0.2, -0.15) is 5.10 Å². The van der Waals surface area contributed by atoms with Crippen molar-refractivity contribution in [1.82, 2.24) is 24.7 Å². The molecule has 1 saturated carbocycles. The van der Waals surface area contributed by atoms with Crippen LogP contribution in [0.5, 0.6) is 0 Å². The second-order valence-corrected chi connectivity index (χ2v) is 6.39. The maximum absolute atomic E-state index is 12.3. The molecule has 0 aliphatic heterocycles. The normalized spacial score (nSPS) is 21.5. The van der Waals surface area contributed by atoms with Crippen LogP contribution in [0.3, 0.4) is 0 Å². The summed E-state index contributed by atoms with van der Waals surface area (Å²) in [6.07, 6.45) is 9.17. The topological polar surface area (TPSA) is 121 Å². The molecule has 0 radical (unpaired) electrons. The van der Waals surface area contributed by atoms with Gasteiger partial charge in [-0.05, 0) is 31.2 Å². The Kier molecular flexibility index (Phi) is 3.89. The molecule has 25 heavy (non-hydrogen) atoms. The van der Waals surface area contributed by atoms with Gasteiger partial charge >= 0.3 is 0 Å². The number of nitrogens with one attached hydrogen (secondary N) is 2. The summed E-state index contributed by atoms with van der Waals surface area (Å²) in [7, 11) is 0. The fourth-order valence-electron chi connectivity index (χ4n) is 3.66. The molecule has 4 rings (SSSR count). The van der Waals surface area contributed by atoms with Gasteiger partial charge in [0.1, 0.15) is 18.0 Å². The molecule has 0 amide bonds. The van der Waals surface area contributed by atoms with Gasteiger partial charge in [-0.25, -0.2) is 9.97 Å². The fourth-order valence-corrected chi connectivity index (χ4v) is 3.66. The zero-order valence-electron chi connectivity index (χ0n) is 13.5. The number of hydrogen-bond acceptors (Lipinski definition) is 6. The first-order valence-corrected chi connectivity index (χ1v) is 8.22. The van der Waals surface area contributed by atoms with E-state index in [1.807, 2.05) is 6.07 Å². The van der Waals surface area contributed by atoms with Crippen molar-refractivity contribution in [2.45, 2.75) is 31.4 Å². The van der Waals surface area contributed by atoms with Gasteiger partial charge in [0, 0.05) is 23.3 Å². The van der Waals surface area contributed by atoms with E-state index in [2.05, 4.69) is 20.1 Å². The zero-order valence-corrected chi connectivity index (χ0v) is 13.5. The summed E-state index contributed by atoms with van der Waals surface area (Å²) in [4.78, 5) is 23.9. The molecular weight excluding hydrogens is 320 g/mol. The third-order valence-corrected chi connectivity index (χ3v) is 4.84. The fraction of sp³-hybridized carbons (Fsp3) is 0.353. The Morgan fingerprint density at radius 2 is 2.32 bits per heavy atom. The first kappa shape index (κ1) is 15.6. The summed E-state index contributed by atoms with van der Waals surface area (Å²) in [5.74, 6) is -0.322. The number of Topliss-reactive ketones (excluding diaryl/α,β-unsaturated/α-hetero) is 1. The van der Waals surface area contributed by atoms with Crippen molar-refractivity contribution >= 4 is 23.0 Å². The lowest BCUT2D eigenvalue weighted by atomic mass is 9.95. The van der Waals surface area contributed by atoms with Crippen molar-refractivity contribution in [3.8, 4) is 11.3 Å². The van der Waals surface area contributed by atoms with Crippen LogP contribution in [-0.4, -0.2) is 47.9 Å². The highest BCUT2D eigenvalue weighted by Crippen LogP contribution is 2.35. The summed E-state index contributed by atoms with van der Waals surface area (Å²) in [6, 6.07) is 1.34. The van der Waals surface area contributed by atoms with E-state index in [9.17, 15) is 9.90 Å². The maximum Gasteiger partial charge on any atom is 0.197 e. The Balaban J connectivity index is 1.72. The number of aliphatic hydroxyl groups excluding tert-OH is 1. The van der Waals surface area contributed by atoms with E-state index in [0.717, 1.165) is 34.9 Å². The highest BCUT2D eigenvalue weighted by atomic mass is 16.3. The molecule has 0 saturated heterocycles. The molecule has 3 atom stereocenters. The van der Waals surface area contributed by atoms with Crippen LogP contribution in [0, 0.1) is 11.3 Å². The van der Waals surface area contributed by atoms with E-state index in [-0.39, 0.29) is 17.8 Å².